The molecule has 1 aromatic carbocycles. The largest absolute Gasteiger partial charge is 0.294 e. The van der Waals surface area contributed by atoms with Crippen LogP contribution in [0.3, 0.4) is 0 Å². The standard InChI is InChI=1S/C11H11ClO2S/c1-7(11(12)14)6-9(13)8-4-2-3-5-10(8)15/h2-5,7,15H,6H2,1H3/t7-/m0/s1. The van der Waals surface area contributed by atoms with Crippen LogP contribution in [0.2, 0.25) is 0 Å². The monoisotopic (exact) mass is 242 g/mol. The molecule has 0 aliphatic rings. The molecule has 0 saturated heterocycles. The molecular weight excluding hydrogens is 232 g/mol. The van der Waals surface area contributed by atoms with E-state index in [0.717, 1.165) is 0 Å². The van der Waals surface area contributed by atoms with Gasteiger partial charge in [0.2, 0.25) is 5.24 Å². The Labute approximate surface area is 99.0 Å². The fourth-order valence-corrected chi connectivity index (χ4v) is 1.54. The average Bonchev–Trinajstić information content (AvgIpc) is 2.18. The van der Waals surface area contributed by atoms with Gasteiger partial charge < -0.3 is 0 Å². The van der Waals surface area contributed by atoms with Crippen molar-refractivity contribution >= 4 is 35.3 Å². The molecule has 0 fully saturated rings. The van der Waals surface area contributed by atoms with Gasteiger partial charge in [-0.2, -0.15) is 0 Å². The van der Waals surface area contributed by atoms with Crippen molar-refractivity contribution in [3.05, 3.63) is 29.8 Å². The van der Waals surface area contributed by atoms with E-state index in [4.69, 9.17) is 11.6 Å². The van der Waals surface area contributed by atoms with Crippen LogP contribution in [-0.2, 0) is 4.79 Å². The molecule has 0 saturated carbocycles. The summed E-state index contributed by atoms with van der Waals surface area (Å²) in [6.45, 7) is 1.63. The maximum Gasteiger partial charge on any atom is 0.224 e. The quantitative estimate of drug-likeness (QED) is 0.500. The van der Waals surface area contributed by atoms with Gasteiger partial charge in [-0.15, -0.1) is 12.6 Å². The van der Waals surface area contributed by atoms with Crippen molar-refractivity contribution in [1.29, 1.82) is 0 Å². The predicted octanol–water partition coefficient (Wildman–Crippen LogP) is 2.95. The zero-order valence-corrected chi connectivity index (χ0v) is 9.89. The normalized spacial score (nSPS) is 12.2. The number of halogens is 1. The molecule has 1 atom stereocenters. The van der Waals surface area contributed by atoms with E-state index >= 15 is 0 Å². The number of thiol groups is 1. The Bertz CT molecular complexity index is 390. The van der Waals surface area contributed by atoms with E-state index in [-0.39, 0.29) is 12.2 Å². The van der Waals surface area contributed by atoms with E-state index in [0.29, 0.717) is 10.5 Å². The summed E-state index contributed by atoms with van der Waals surface area (Å²) in [5.41, 5.74) is 0.533. The summed E-state index contributed by atoms with van der Waals surface area (Å²) in [4.78, 5) is 23.1. The highest BCUT2D eigenvalue weighted by atomic mass is 35.5. The van der Waals surface area contributed by atoms with E-state index in [1.165, 1.54) is 0 Å². The van der Waals surface area contributed by atoms with Crippen LogP contribution in [0.15, 0.2) is 29.2 Å². The van der Waals surface area contributed by atoms with Gasteiger partial charge in [-0.3, -0.25) is 9.59 Å². The molecule has 0 heterocycles. The van der Waals surface area contributed by atoms with Crippen LogP contribution in [0.5, 0.6) is 0 Å². The lowest BCUT2D eigenvalue weighted by Crippen LogP contribution is -2.11. The van der Waals surface area contributed by atoms with Gasteiger partial charge in [0, 0.05) is 22.8 Å². The first kappa shape index (κ1) is 12.3. The fourth-order valence-electron chi connectivity index (χ4n) is 1.18. The molecule has 0 bridgehead atoms. The molecule has 0 aromatic heterocycles. The van der Waals surface area contributed by atoms with E-state index < -0.39 is 11.2 Å². The lowest BCUT2D eigenvalue weighted by molar-refractivity contribution is -0.114. The Balaban J connectivity index is 2.78. The third kappa shape index (κ3) is 3.36. The third-order valence-corrected chi connectivity index (χ3v) is 2.85. The topological polar surface area (TPSA) is 34.1 Å². The number of Topliss-reactive ketones (excluding diaryl/α,β-unsaturated/α-hetero) is 1. The molecule has 2 nitrogen and oxygen atoms in total. The van der Waals surface area contributed by atoms with E-state index in [1.54, 1.807) is 31.2 Å². The summed E-state index contributed by atoms with van der Waals surface area (Å²) in [5, 5.41) is -0.486. The van der Waals surface area contributed by atoms with Crippen LogP contribution in [0, 0.1) is 5.92 Å². The van der Waals surface area contributed by atoms with E-state index in [9.17, 15) is 9.59 Å². The molecule has 4 heteroatoms. The zero-order chi connectivity index (χ0) is 11.4. The van der Waals surface area contributed by atoms with Crippen LogP contribution < -0.4 is 0 Å². The van der Waals surface area contributed by atoms with Crippen molar-refractivity contribution in [3.8, 4) is 0 Å². The summed E-state index contributed by atoms with van der Waals surface area (Å²) < 4.78 is 0. The summed E-state index contributed by atoms with van der Waals surface area (Å²) in [6, 6.07) is 7.00. The first-order valence-electron chi connectivity index (χ1n) is 4.53. The van der Waals surface area contributed by atoms with Crippen molar-refractivity contribution in [3.63, 3.8) is 0 Å². The second-order valence-electron chi connectivity index (χ2n) is 3.35. The first-order chi connectivity index (χ1) is 7.02. The van der Waals surface area contributed by atoms with Crippen LogP contribution in [0.1, 0.15) is 23.7 Å². The Hall–Kier alpha value is -0.800. The van der Waals surface area contributed by atoms with Gasteiger partial charge in [0.05, 0.1) is 0 Å². The molecule has 0 spiro atoms. The number of ketones is 1. The number of rotatable bonds is 4. The highest BCUT2D eigenvalue weighted by Crippen LogP contribution is 2.18. The molecule has 15 heavy (non-hydrogen) atoms. The Morgan fingerprint density at radius 1 is 1.40 bits per heavy atom. The first-order valence-corrected chi connectivity index (χ1v) is 5.35. The molecule has 80 valence electrons. The van der Waals surface area contributed by atoms with Crippen molar-refractivity contribution in [1.82, 2.24) is 0 Å². The molecule has 0 N–H and O–H groups in total. The summed E-state index contributed by atoms with van der Waals surface area (Å²) in [7, 11) is 0. The zero-order valence-electron chi connectivity index (χ0n) is 8.24. The molecule has 1 rings (SSSR count). The number of hydrogen-bond acceptors (Lipinski definition) is 3. The van der Waals surface area contributed by atoms with Crippen LogP contribution in [0.4, 0.5) is 0 Å². The number of benzene rings is 1. The van der Waals surface area contributed by atoms with E-state index in [1.807, 2.05) is 0 Å². The molecule has 0 unspecified atom stereocenters. The van der Waals surface area contributed by atoms with Crippen LogP contribution in [-0.4, -0.2) is 11.0 Å². The summed E-state index contributed by atoms with van der Waals surface area (Å²) >= 11 is 9.46. The lowest BCUT2D eigenvalue weighted by Gasteiger charge is -2.06. The Morgan fingerprint density at radius 2 is 2.00 bits per heavy atom. The van der Waals surface area contributed by atoms with Gasteiger partial charge in [0.1, 0.15) is 0 Å². The van der Waals surface area contributed by atoms with Gasteiger partial charge in [0.15, 0.2) is 5.78 Å². The Kier molecular flexibility index (Phi) is 4.36. The van der Waals surface area contributed by atoms with Crippen molar-refractivity contribution < 1.29 is 9.59 Å². The van der Waals surface area contributed by atoms with Crippen molar-refractivity contribution in [2.75, 3.05) is 0 Å². The maximum absolute atomic E-state index is 11.7. The third-order valence-electron chi connectivity index (χ3n) is 2.08. The predicted molar refractivity (Wildman–Crippen MR) is 62.7 cm³/mol. The lowest BCUT2D eigenvalue weighted by atomic mass is 10.0. The van der Waals surface area contributed by atoms with Gasteiger partial charge in [-0.05, 0) is 17.7 Å². The smallest absolute Gasteiger partial charge is 0.224 e. The minimum atomic E-state index is -0.486. The van der Waals surface area contributed by atoms with Crippen molar-refractivity contribution in [2.45, 2.75) is 18.2 Å². The molecule has 0 aliphatic heterocycles. The average molecular weight is 243 g/mol. The SMILES string of the molecule is C[C@@H](CC(=O)c1ccccc1S)C(=O)Cl. The highest BCUT2D eigenvalue weighted by molar-refractivity contribution is 7.80. The Morgan fingerprint density at radius 3 is 2.53 bits per heavy atom. The molecule has 0 aliphatic carbocycles. The maximum atomic E-state index is 11.7. The number of hydrogen-bond donors (Lipinski definition) is 1. The molecule has 0 radical (unpaired) electrons. The fraction of sp³-hybridized carbons (Fsp3) is 0.273. The molecule has 1 aromatic rings. The van der Waals surface area contributed by atoms with Gasteiger partial charge in [-0.25, -0.2) is 0 Å². The van der Waals surface area contributed by atoms with Crippen molar-refractivity contribution in [2.24, 2.45) is 5.92 Å². The van der Waals surface area contributed by atoms with Gasteiger partial charge in [-0.1, -0.05) is 25.1 Å². The van der Waals surface area contributed by atoms with Gasteiger partial charge in [0.25, 0.3) is 0 Å². The van der Waals surface area contributed by atoms with Gasteiger partial charge >= 0.3 is 0 Å². The van der Waals surface area contributed by atoms with Crippen LogP contribution in [0.25, 0.3) is 0 Å². The summed E-state index contributed by atoms with van der Waals surface area (Å²) in [5.74, 6) is -0.561. The minimum Gasteiger partial charge on any atom is -0.294 e. The highest BCUT2D eigenvalue weighted by Gasteiger charge is 2.17. The van der Waals surface area contributed by atoms with E-state index in [2.05, 4.69) is 12.6 Å². The molecular formula is C11H11ClO2S. The molecule has 0 amide bonds. The number of carbonyl (C=O) groups excluding carboxylic acids is 2. The number of carbonyl (C=O) groups is 2. The second-order valence-corrected chi connectivity index (χ2v) is 4.20. The second kappa shape index (κ2) is 5.33. The van der Waals surface area contributed by atoms with Crippen LogP contribution >= 0.6 is 24.2 Å². The minimum absolute atomic E-state index is 0.109. The summed E-state index contributed by atoms with van der Waals surface area (Å²) in [6.07, 6.45) is 0.125.